The van der Waals surface area contributed by atoms with E-state index in [1.54, 1.807) is 6.92 Å². The number of halogens is 2. The van der Waals surface area contributed by atoms with E-state index in [9.17, 15) is 8.78 Å². The van der Waals surface area contributed by atoms with Gasteiger partial charge in [-0.25, -0.2) is 18.7 Å². The summed E-state index contributed by atoms with van der Waals surface area (Å²) in [6.07, 6.45) is 0. The molecule has 0 unspecified atom stereocenters. The number of anilines is 3. The highest BCUT2D eigenvalue weighted by molar-refractivity contribution is 5.59. The van der Waals surface area contributed by atoms with Crippen molar-refractivity contribution in [3.8, 4) is 0 Å². The summed E-state index contributed by atoms with van der Waals surface area (Å²) >= 11 is 0. The summed E-state index contributed by atoms with van der Waals surface area (Å²) in [5.41, 5.74) is 5.52. The molecule has 0 atom stereocenters. The monoisotopic (exact) mass is 236 g/mol. The zero-order chi connectivity index (χ0) is 12.4. The van der Waals surface area contributed by atoms with Gasteiger partial charge in [0.25, 0.3) is 0 Å². The van der Waals surface area contributed by atoms with Crippen molar-refractivity contribution in [2.45, 2.75) is 6.92 Å². The largest absolute Gasteiger partial charge is 0.384 e. The zero-order valence-corrected chi connectivity index (χ0v) is 9.04. The van der Waals surface area contributed by atoms with Crippen molar-refractivity contribution in [3.05, 3.63) is 41.7 Å². The van der Waals surface area contributed by atoms with E-state index in [0.29, 0.717) is 11.6 Å². The predicted molar refractivity (Wildman–Crippen MR) is 60.8 cm³/mol. The van der Waals surface area contributed by atoms with E-state index in [-0.39, 0.29) is 11.5 Å². The van der Waals surface area contributed by atoms with Crippen LogP contribution in [0.15, 0.2) is 24.3 Å². The lowest BCUT2D eigenvalue weighted by Gasteiger charge is -2.08. The molecule has 0 aliphatic carbocycles. The number of aryl methyl sites for hydroxylation is 1. The number of nitrogen functional groups attached to an aromatic ring is 1. The molecule has 1 heterocycles. The Labute approximate surface area is 96.5 Å². The lowest BCUT2D eigenvalue weighted by molar-refractivity contribution is 0.511. The Bertz CT molecular complexity index is 537. The predicted octanol–water partition coefficient (Wildman–Crippen LogP) is 2.39. The first-order valence-electron chi connectivity index (χ1n) is 4.88. The summed E-state index contributed by atoms with van der Waals surface area (Å²) in [7, 11) is 0. The minimum Gasteiger partial charge on any atom is -0.384 e. The molecular formula is C11H10F2N4. The van der Waals surface area contributed by atoms with Crippen molar-refractivity contribution in [1.82, 2.24) is 9.97 Å². The van der Waals surface area contributed by atoms with Crippen LogP contribution in [0.25, 0.3) is 0 Å². The smallest absolute Gasteiger partial charge is 0.182 e. The van der Waals surface area contributed by atoms with Gasteiger partial charge in [-0.2, -0.15) is 0 Å². The van der Waals surface area contributed by atoms with Crippen LogP contribution in [0.3, 0.4) is 0 Å². The maximum atomic E-state index is 13.4. The summed E-state index contributed by atoms with van der Waals surface area (Å²) in [6.45, 7) is 1.66. The van der Waals surface area contributed by atoms with Gasteiger partial charge < -0.3 is 11.1 Å². The number of hydrogen-bond donors (Lipinski definition) is 2. The van der Waals surface area contributed by atoms with E-state index >= 15 is 0 Å². The van der Waals surface area contributed by atoms with Gasteiger partial charge in [-0.15, -0.1) is 0 Å². The number of rotatable bonds is 2. The Morgan fingerprint density at radius 1 is 1.24 bits per heavy atom. The van der Waals surface area contributed by atoms with Crippen molar-refractivity contribution in [2.75, 3.05) is 11.1 Å². The van der Waals surface area contributed by atoms with Crippen LogP contribution >= 0.6 is 0 Å². The topological polar surface area (TPSA) is 63.8 Å². The number of hydrogen-bond acceptors (Lipinski definition) is 4. The van der Waals surface area contributed by atoms with Crippen LogP contribution < -0.4 is 11.1 Å². The average Bonchev–Trinajstić information content (AvgIpc) is 2.23. The van der Waals surface area contributed by atoms with Gasteiger partial charge in [-0.3, -0.25) is 0 Å². The minimum absolute atomic E-state index is 0.00231. The molecule has 0 saturated carbocycles. The summed E-state index contributed by atoms with van der Waals surface area (Å²) in [4.78, 5) is 7.88. The molecule has 0 spiro atoms. The summed E-state index contributed by atoms with van der Waals surface area (Å²) in [5.74, 6) is -0.850. The third kappa shape index (κ3) is 2.47. The van der Waals surface area contributed by atoms with Crippen LogP contribution in [0.4, 0.5) is 26.1 Å². The Hall–Kier alpha value is -2.24. The van der Waals surface area contributed by atoms with Crippen LogP contribution in [0.5, 0.6) is 0 Å². The quantitative estimate of drug-likeness (QED) is 0.840. The number of aromatic nitrogens is 2. The fraction of sp³-hybridized carbons (Fsp3) is 0.0909. The highest BCUT2D eigenvalue weighted by Crippen LogP contribution is 2.21. The zero-order valence-electron chi connectivity index (χ0n) is 9.04. The highest BCUT2D eigenvalue weighted by Gasteiger charge is 2.08. The summed E-state index contributed by atoms with van der Waals surface area (Å²) < 4.78 is 26.3. The van der Waals surface area contributed by atoms with Crippen LogP contribution in [0.2, 0.25) is 0 Å². The van der Waals surface area contributed by atoms with Gasteiger partial charge in [0, 0.05) is 6.07 Å². The maximum Gasteiger partial charge on any atom is 0.182 e. The van der Waals surface area contributed by atoms with Crippen molar-refractivity contribution in [2.24, 2.45) is 0 Å². The normalized spacial score (nSPS) is 10.3. The molecule has 6 heteroatoms. The second-order valence-electron chi connectivity index (χ2n) is 3.45. The number of benzene rings is 1. The molecule has 88 valence electrons. The van der Waals surface area contributed by atoms with Gasteiger partial charge in [0.15, 0.2) is 11.6 Å². The third-order valence-electron chi connectivity index (χ3n) is 2.07. The lowest BCUT2D eigenvalue weighted by Crippen LogP contribution is -2.02. The standard InChI is InChI=1S/C11H10F2N4/c1-6-15-9(14)5-10(16-6)17-8-4-2-3-7(12)11(8)13/h2-5H,1H3,(H3,14,15,16,17). The Kier molecular flexibility index (Phi) is 2.86. The summed E-state index contributed by atoms with van der Waals surface area (Å²) in [5, 5.41) is 2.65. The lowest BCUT2D eigenvalue weighted by atomic mass is 10.3. The Balaban J connectivity index is 2.34. The van der Waals surface area contributed by atoms with Gasteiger partial charge in [-0.05, 0) is 19.1 Å². The number of nitrogens with two attached hydrogens (primary N) is 1. The van der Waals surface area contributed by atoms with Gasteiger partial charge >= 0.3 is 0 Å². The number of nitrogens with zero attached hydrogens (tertiary/aromatic N) is 2. The second kappa shape index (κ2) is 4.32. The Morgan fingerprint density at radius 3 is 2.71 bits per heavy atom. The molecule has 0 bridgehead atoms. The van der Waals surface area contributed by atoms with E-state index in [4.69, 9.17) is 5.73 Å². The maximum absolute atomic E-state index is 13.4. The molecule has 0 radical (unpaired) electrons. The van der Waals surface area contributed by atoms with Gasteiger partial charge in [0.05, 0.1) is 5.69 Å². The molecule has 1 aromatic heterocycles. The summed E-state index contributed by atoms with van der Waals surface area (Å²) in [6, 6.07) is 5.29. The van der Waals surface area contributed by atoms with Crippen LogP contribution in [0, 0.1) is 18.6 Å². The molecule has 0 saturated heterocycles. The van der Waals surface area contributed by atoms with E-state index < -0.39 is 11.6 Å². The van der Waals surface area contributed by atoms with Gasteiger partial charge in [0.1, 0.15) is 17.5 Å². The fourth-order valence-corrected chi connectivity index (χ4v) is 1.39. The molecule has 2 rings (SSSR count). The highest BCUT2D eigenvalue weighted by atomic mass is 19.2. The molecule has 2 aromatic rings. The fourth-order valence-electron chi connectivity index (χ4n) is 1.39. The second-order valence-corrected chi connectivity index (χ2v) is 3.45. The molecule has 0 fully saturated rings. The number of nitrogens with one attached hydrogen (secondary N) is 1. The van der Waals surface area contributed by atoms with Crippen LogP contribution in [0.1, 0.15) is 5.82 Å². The first kappa shape index (κ1) is 11.3. The molecule has 4 nitrogen and oxygen atoms in total. The van der Waals surface area contributed by atoms with Gasteiger partial charge in [0.2, 0.25) is 0 Å². The molecule has 0 amide bonds. The van der Waals surface area contributed by atoms with E-state index in [1.807, 2.05) is 0 Å². The van der Waals surface area contributed by atoms with Crippen molar-refractivity contribution in [1.29, 1.82) is 0 Å². The van der Waals surface area contributed by atoms with E-state index in [0.717, 1.165) is 6.07 Å². The van der Waals surface area contributed by atoms with Crippen LogP contribution in [-0.4, -0.2) is 9.97 Å². The SMILES string of the molecule is Cc1nc(N)cc(Nc2cccc(F)c2F)n1. The molecule has 17 heavy (non-hydrogen) atoms. The molecule has 3 N–H and O–H groups in total. The van der Waals surface area contributed by atoms with Crippen molar-refractivity contribution in [3.63, 3.8) is 0 Å². The van der Waals surface area contributed by atoms with E-state index in [2.05, 4.69) is 15.3 Å². The third-order valence-corrected chi connectivity index (χ3v) is 2.07. The molecule has 0 aliphatic rings. The van der Waals surface area contributed by atoms with E-state index in [1.165, 1.54) is 18.2 Å². The minimum atomic E-state index is -0.956. The first-order chi connectivity index (χ1) is 8.06. The molecular weight excluding hydrogens is 226 g/mol. The first-order valence-corrected chi connectivity index (χ1v) is 4.88. The molecule has 1 aromatic carbocycles. The van der Waals surface area contributed by atoms with Crippen molar-refractivity contribution >= 4 is 17.3 Å². The Morgan fingerprint density at radius 2 is 2.00 bits per heavy atom. The van der Waals surface area contributed by atoms with Crippen LogP contribution in [-0.2, 0) is 0 Å². The van der Waals surface area contributed by atoms with Gasteiger partial charge in [-0.1, -0.05) is 6.07 Å². The van der Waals surface area contributed by atoms with Crippen molar-refractivity contribution < 1.29 is 8.78 Å². The molecule has 0 aliphatic heterocycles. The average molecular weight is 236 g/mol.